The highest BCUT2D eigenvalue weighted by Gasteiger charge is 2.23. The first kappa shape index (κ1) is 25.0. The SMILES string of the molecule is N[C@H](CCC(=O)N[C@@H](CSSC[C@@H](N)C(=O)O)C(=O)NCC(=O)O)C(=O)O. The number of hydrogen-bond acceptors (Lipinski definition) is 9. The molecule has 14 heteroatoms. The number of aliphatic carboxylic acids is 3. The van der Waals surface area contributed by atoms with Gasteiger partial charge in [-0.2, -0.15) is 0 Å². The van der Waals surface area contributed by atoms with Crippen molar-refractivity contribution in [3.8, 4) is 0 Å². The van der Waals surface area contributed by atoms with Crippen molar-refractivity contribution in [2.45, 2.75) is 31.0 Å². The summed E-state index contributed by atoms with van der Waals surface area (Å²) in [7, 11) is 2.15. The lowest BCUT2D eigenvalue weighted by Crippen LogP contribution is -2.49. The van der Waals surface area contributed by atoms with Gasteiger partial charge in [0.15, 0.2) is 0 Å². The van der Waals surface area contributed by atoms with Crippen LogP contribution in [0, 0.1) is 0 Å². The molecule has 0 saturated carbocycles. The van der Waals surface area contributed by atoms with Crippen molar-refractivity contribution in [2.75, 3.05) is 18.1 Å². The Kier molecular flexibility index (Phi) is 12.2. The number of nitrogens with one attached hydrogen (secondary N) is 2. The van der Waals surface area contributed by atoms with Gasteiger partial charge in [-0.25, -0.2) is 0 Å². The van der Waals surface area contributed by atoms with Crippen LogP contribution in [0.1, 0.15) is 12.8 Å². The molecule has 27 heavy (non-hydrogen) atoms. The smallest absolute Gasteiger partial charge is 0.322 e. The van der Waals surface area contributed by atoms with E-state index in [1.807, 2.05) is 0 Å². The third-order valence-electron chi connectivity index (χ3n) is 2.95. The van der Waals surface area contributed by atoms with Crippen LogP contribution in [0.15, 0.2) is 0 Å². The highest BCUT2D eigenvalue weighted by Crippen LogP contribution is 2.22. The number of amides is 2. The summed E-state index contributed by atoms with van der Waals surface area (Å²) in [5.41, 5.74) is 10.6. The first-order valence-corrected chi connectivity index (χ1v) is 10.0. The number of carboxylic acid groups (broad SMARTS) is 3. The summed E-state index contributed by atoms with van der Waals surface area (Å²) < 4.78 is 0. The fraction of sp³-hybridized carbons (Fsp3) is 0.615. The van der Waals surface area contributed by atoms with Gasteiger partial charge in [0.05, 0.1) is 0 Å². The normalized spacial score (nSPS) is 13.9. The fourth-order valence-corrected chi connectivity index (χ4v) is 3.73. The van der Waals surface area contributed by atoms with Crippen LogP contribution in [0.4, 0.5) is 0 Å². The van der Waals surface area contributed by atoms with E-state index in [0.717, 1.165) is 21.6 Å². The van der Waals surface area contributed by atoms with Crippen LogP contribution >= 0.6 is 21.6 Å². The van der Waals surface area contributed by atoms with Crippen LogP contribution in [0.2, 0.25) is 0 Å². The molecule has 0 spiro atoms. The highest BCUT2D eigenvalue weighted by atomic mass is 33.1. The average Bonchev–Trinajstić information content (AvgIpc) is 2.59. The third-order valence-corrected chi connectivity index (χ3v) is 5.40. The number of nitrogens with two attached hydrogens (primary N) is 2. The molecule has 0 saturated heterocycles. The third kappa shape index (κ3) is 12.1. The molecular weight excluding hydrogens is 404 g/mol. The summed E-state index contributed by atoms with van der Waals surface area (Å²) in [4.78, 5) is 55.7. The molecule has 3 atom stereocenters. The van der Waals surface area contributed by atoms with E-state index in [9.17, 15) is 24.0 Å². The molecule has 0 bridgehead atoms. The summed E-state index contributed by atoms with van der Waals surface area (Å²) in [6, 6.07) is -3.41. The Bertz CT molecular complexity index is 562. The molecule has 0 aromatic heterocycles. The zero-order chi connectivity index (χ0) is 21.0. The Morgan fingerprint density at radius 1 is 0.889 bits per heavy atom. The molecule has 12 nitrogen and oxygen atoms in total. The topological polar surface area (TPSA) is 222 Å². The second-order valence-electron chi connectivity index (χ2n) is 5.23. The van der Waals surface area contributed by atoms with E-state index < -0.39 is 54.4 Å². The zero-order valence-corrected chi connectivity index (χ0v) is 15.8. The van der Waals surface area contributed by atoms with Gasteiger partial charge in [0.1, 0.15) is 24.7 Å². The maximum Gasteiger partial charge on any atom is 0.322 e. The Labute approximate surface area is 162 Å². The van der Waals surface area contributed by atoms with E-state index in [0.29, 0.717) is 0 Å². The van der Waals surface area contributed by atoms with Crippen molar-refractivity contribution < 1.29 is 39.3 Å². The monoisotopic (exact) mass is 426 g/mol. The van der Waals surface area contributed by atoms with Gasteiger partial charge in [0.25, 0.3) is 0 Å². The molecule has 0 aromatic rings. The van der Waals surface area contributed by atoms with Gasteiger partial charge in [0.2, 0.25) is 11.8 Å². The molecular formula is C13H22N4O8S2. The summed E-state index contributed by atoms with van der Waals surface area (Å²) in [5, 5.41) is 30.5. The molecule has 0 fully saturated rings. The lowest BCUT2D eigenvalue weighted by atomic mass is 10.1. The molecule has 0 heterocycles. The zero-order valence-electron chi connectivity index (χ0n) is 14.1. The van der Waals surface area contributed by atoms with Crippen LogP contribution in [-0.4, -0.2) is 81.2 Å². The number of hydrogen-bond donors (Lipinski definition) is 7. The minimum absolute atomic E-state index is 0.0131. The van der Waals surface area contributed by atoms with Crippen LogP contribution in [0.3, 0.4) is 0 Å². The van der Waals surface area contributed by atoms with Gasteiger partial charge in [-0.15, -0.1) is 0 Å². The predicted molar refractivity (Wildman–Crippen MR) is 97.9 cm³/mol. The largest absolute Gasteiger partial charge is 0.480 e. The van der Waals surface area contributed by atoms with Crippen LogP contribution < -0.4 is 22.1 Å². The molecule has 2 amide bonds. The van der Waals surface area contributed by atoms with Gasteiger partial charge in [-0.1, -0.05) is 21.6 Å². The van der Waals surface area contributed by atoms with E-state index in [-0.39, 0.29) is 24.3 Å². The number of carbonyl (C=O) groups is 5. The van der Waals surface area contributed by atoms with Gasteiger partial charge in [-0.3, -0.25) is 24.0 Å². The number of carboxylic acids is 3. The van der Waals surface area contributed by atoms with Crippen molar-refractivity contribution in [2.24, 2.45) is 11.5 Å². The lowest BCUT2D eigenvalue weighted by Gasteiger charge is -2.18. The second kappa shape index (κ2) is 13.2. The molecule has 0 aliphatic carbocycles. The highest BCUT2D eigenvalue weighted by molar-refractivity contribution is 8.76. The maximum absolute atomic E-state index is 12.0. The minimum Gasteiger partial charge on any atom is -0.480 e. The van der Waals surface area contributed by atoms with Crippen molar-refractivity contribution in [3.05, 3.63) is 0 Å². The Balaban J connectivity index is 4.61. The molecule has 0 rings (SSSR count). The first-order chi connectivity index (χ1) is 12.5. The lowest BCUT2D eigenvalue weighted by molar-refractivity contribution is -0.139. The predicted octanol–water partition coefficient (Wildman–Crippen LogP) is -2.34. The molecule has 154 valence electrons. The summed E-state index contributed by atoms with van der Waals surface area (Å²) in [6.45, 7) is -0.642. The second-order valence-corrected chi connectivity index (χ2v) is 7.78. The first-order valence-electron chi connectivity index (χ1n) is 7.54. The number of rotatable bonds is 14. The van der Waals surface area contributed by atoms with Gasteiger partial charge >= 0.3 is 17.9 Å². The van der Waals surface area contributed by atoms with E-state index in [1.54, 1.807) is 0 Å². The molecule has 0 radical (unpaired) electrons. The molecule has 0 unspecified atom stereocenters. The standard InChI is InChI=1S/C13H22N4O8S2/c14-6(12(22)23)1-2-9(18)17-8(11(21)16-3-10(19)20)5-27-26-4-7(15)13(24)25/h6-8H,1-5,14-15H2,(H,16,21)(H,17,18)(H,19,20)(H,22,23)(H,24,25)/t6-,7-,8+/m1/s1. The van der Waals surface area contributed by atoms with Crippen molar-refractivity contribution in [1.82, 2.24) is 10.6 Å². The van der Waals surface area contributed by atoms with Crippen LogP contribution in [0.25, 0.3) is 0 Å². The van der Waals surface area contributed by atoms with Gasteiger partial charge < -0.3 is 37.4 Å². The summed E-state index contributed by atoms with van der Waals surface area (Å²) in [5.74, 6) is -5.01. The van der Waals surface area contributed by atoms with Gasteiger partial charge in [0, 0.05) is 17.9 Å². The molecule has 0 aliphatic heterocycles. The van der Waals surface area contributed by atoms with E-state index in [4.69, 9.17) is 26.8 Å². The summed E-state index contributed by atoms with van der Waals surface area (Å²) in [6.07, 6.45) is -0.377. The quantitative estimate of drug-likeness (QED) is 0.115. The maximum atomic E-state index is 12.0. The van der Waals surface area contributed by atoms with Crippen LogP contribution in [-0.2, 0) is 24.0 Å². The Morgan fingerprint density at radius 2 is 1.44 bits per heavy atom. The van der Waals surface area contributed by atoms with E-state index in [1.165, 1.54) is 0 Å². The van der Waals surface area contributed by atoms with E-state index in [2.05, 4.69) is 10.6 Å². The summed E-state index contributed by atoms with van der Waals surface area (Å²) >= 11 is 0. The Morgan fingerprint density at radius 3 is 1.96 bits per heavy atom. The van der Waals surface area contributed by atoms with Crippen molar-refractivity contribution in [1.29, 1.82) is 0 Å². The molecule has 0 aromatic carbocycles. The van der Waals surface area contributed by atoms with Crippen molar-refractivity contribution in [3.63, 3.8) is 0 Å². The Hall–Kier alpha value is -2.03. The molecule has 9 N–H and O–H groups in total. The van der Waals surface area contributed by atoms with E-state index >= 15 is 0 Å². The minimum atomic E-state index is -1.27. The molecule has 0 aliphatic rings. The van der Waals surface area contributed by atoms with Crippen molar-refractivity contribution >= 4 is 51.3 Å². The van der Waals surface area contributed by atoms with Gasteiger partial charge in [-0.05, 0) is 6.42 Å². The number of carbonyl (C=O) groups excluding carboxylic acids is 2. The average molecular weight is 426 g/mol. The van der Waals surface area contributed by atoms with Crippen LogP contribution in [0.5, 0.6) is 0 Å². The fourth-order valence-electron chi connectivity index (χ4n) is 1.45.